The molecule has 5 nitrogen and oxygen atoms in total. The molecule has 2 aromatic rings. The molecule has 3 N–H and O–H groups in total. The van der Waals surface area contributed by atoms with Crippen molar-refractivity contribution in [3.8, 4) is 0 Å². The highest BCUT2D eigenvalue weighted by atomic mass is 16.2. The molecule has 0 unspecified atom stereocenters. The molecule has 19 heavy (non-hydrogen) atoms. The van der Waals surface area contributed by atoms with Crippen LogP contribution in [0.1, 0.15) is 31.3 Å². The second-order valence-corrected chi connectivity index (χ2v) is 6.10. The van der Waals surface area contributed by atoms with Gasteiger partial charge in [0, 0.05) is 24.7 Å². The van der Waals surface area contributed by atoms with Gasteiger partial charge in [0.25, 0.3) is 5.91 Å². The first-order valence-electron chi connectivity index (χ1n) is 6.27. The molecule has 1 heterocycles. The number of nitrogens with two attached hydrogens (primary N) is 1. The maximum Gasteiger partial charge on any atom is 0.274 e. The highest BCUT2D eigenvalue weighted by Crippen LogP contribution is 2.21. The van der Waals surface area contributed by atoms with E-state index in [0.717, 1.165) is 10.9 Å². The first-order valence-corrected chi connectivity index (χ1v) is 6.27. The van der Waals surface area contributed by atoms with Crippen molar-refractivity contribution in [1.82, 2.24) is 15.1 Å². The monoisotopic (exact) mass is 260 g/mol. The first-order chi connectivity index (χ1) is 8.78. The van der Waals surface area contributed by atoms with E-state index in [4.69, 9.17) is 5.73 Å². The van der Waals surface area contributed by atoms with E-state index in [9.17, 15) is 4.79 Å². The normalized spacial score (nSPS) is 11.8. The van der Waals surface area contributed by atoms with Crippen LogP contribution >= 0.6 is 0 Å². The smallest absolute Gasteiger partial charge is 0.274 e. The van der Waals surface area contributed by atoms with E-state index >= 15 is 0 Å². The van der Waals surface area contributed by atoms with E-state index in [0.29, 0.717) is 17.9 Å². The summed E-state index contributed by atoms with van der Waals surface area (Å²) < 4.78 is 0. The van der Waals surface area contributed by atoms with Gasteiger partial charge in [-0.05, 0) is 23.6 Å². The summed E-state index contributed by atoms with van der Waals surface area (Å²) in [6.07, 6.45) is 0. The Hall–Kier alpha value is -2.04. The Morgan fingerprint density at radius 3 is 2.74 bits per heavy atom. The third-order valence-electron chi connectivity index (χ3n) is 2.85. The minimum atomic E-state index is -0.0909. The summed E-state index contributed by atoms with van der Waals surface area (Å²) in [5, 5.41) is 7.75. The molecule has 1 amide bonds. The van der Waals surface area contributed by atoms with E-state index < -0.39 is 0 Å². The number of aromatic nitrogens is 2. The summed E-state index contributed by atoms with van der Waals surface area (Å²) in [7, 11) is 1.79. The minimum absolute atomic E-state index is 0.0511. The van der Waals surface area contributed by atoms with Crippen LogP contribution in [-0.4, -0.2) is 34.6 Å². The SMILES string of the molecule is CN(CC(C)(C)C)C(=O)c1n[nH]c2ccc(N)cc12. The predicted molar refractivity (Wildman–Crippen MR) is 76.9 cm³/mol. The molecule has 5 heteroatoms. The molecule has 0 saturated heterocycles. The number of carbonyl (C=O) groups excluding carboxylic acids is 1. The zero-order valence-corrected chi connectivity index (χ0v) is 11.8. The van der Waals surface area contributed by atoms with Gasteiger partial charge in [0.2, 0.25) is 0 Å². The van der Waals surface area contributed by atoms with Crippen molar-refractivity contribution in [2.45, 2.75) is 20.8 Å². The molecule has 102 valence electrons. The number of hydrogen-bond acceptors (Lipinski definition) is 3. The molecule has 0 aliphatic rings. The molecule has 0 saturated carbocycles. The third kappa shape index (κ3) is 2.86. The topological polar surface area (TPSA) is 75.0 Å². The van der Waals surface area contributed by atoms with Crippen LogP contribution in [-0.2, 0) is 0 Å². The molecular weight excluding hydrogens is 240 g/mol. The minimum Gasteiger partial charge on any atom is -0.399 e. The van der Waals surface area contributed by atoms with Gasteiger partial charge in [-0.1, -0.05) is 20.8 Å². The van der Waals surface area contributed by atoms with Crippen molar-refractivity contribution in [3.63, 3.8) is 0 Å². The van der Waals surface area contributed by atoms with Crippen LogP contribution in [0.25, 0.3) is 10.9 Å². The molecule has 0 aliphatic heterocycles. The van der Waals surface area contributed by atoms with Crippen LogP contribution in [0, 0.1) is 5.41 Å². The number of hydrogen-bond donors (Lipinski definition) is 2. The van der Waals surface area contributed by atoms with Gasteiger partial charge in [-0.25, -0.2) is 0 Å². The van der Waals surface area contributed by atoms with Crippen molar-refractivity contribution >= 4 is 22.5 Å². The van der Waals surface area contributed by atoms with E-state index in [1.165, 1.54) is 0 Å². The van der Waals surface area contributed by atoms with Gasteiger partial charge in [-0.2, -0.15) is 5.10 Å². The number of nitrogens with zero attached hydrogens (tertiary/aromatic N) is 2. The number of benzene rings is 1. The van der Waals surface area contributed by atoms with Crippen molar-refractivity contribution in [2.75, 3.05) is 19.3 Å². The van der Waals surface area contributed by atoms with Crippen molar-refractivity contribution < 1.29 is 4.79 Å². The summed E-state index contributed by atoms with van der Waals surface area (Å²) in [5.74, 6) is -0.0909. The standard InChI is InChI=1S/C14H20N4O/c1-14(2,3)8-18(4)13(19)12-10-7-9(15)5-6-11(10)16-17-12/h5-7H,8,15H2,1-4H3,(H,16,17). The Kier molecular flexibility index (Phi) is 3.22. The predicted octanol–water partition coefficient (Wildman–Crippen LogP) is 2.26. The molecule has 0 fully saturated rings. The fourth-order valence-corrected chi connectivity index (χ4v) is 2.16. The van der Waals surface area contributed by atoms with E-state index in [-0.39, 0.29) is 11.3 Å². The van der Waals surface area contributed by atoms with Crippen LogP contribution in [0.5, 0.6) is 0 Å². The summed E-state index contributed by atoms with van der Waals surface area (Å²) in [5.41, 5.74) is 7.69. The van der Waals surface area contributed by atoms with Crippen LogP contribution in [0.15, 0.2) is 18.2 Å². The highest BCUT2D eigenvalue weighted by molar-refractivity contribution is 6.05. The van der Waals surface area contributed by atoms with Crippen molar-refractivity contribution in [2.24, 2.45) is 5.41 Å². The molecule has 2 rings (SSSR count). The number of anilines is 1. The number of aromatic amines is 1. The van der Waals surface area contributed by atoms with Gasteiger partial charge in [0.15, 0.2) is 5.69 Å². The van der Waals surface area contributed by atoms with Crippen molar-refractivity contribution in [1.29, 1.82) is 0 Å². The molecule has 0 spiro atoms. The third-order valence-corrected chi connectivity index (χ3v) is 2.85. The lowest BCUT2D eigenvalue weighted by atomic mass is 9.96. The largest absolute Gasteiger partial charge is 0.399 e. The number of H-pyrrole nitrogens is 1. The fraction of sp³-hybridized carbons (Fsp3) is 0.429. The summed E-state index contributed by atoms with van der Waals surface area (Å²) in [6.45, 7) is 6.95. The summed E-state index contributed by atoms with van der Waals surface area (Å²) in [4.78, 5) is 14.1. The van der Waals surface area contributed by atoms with E-state index in [1.807, 2.05) is 6.07 Å². The van der Waals surface area contributed by atoms with Gasteiger partial charge >= 0.3 is 0 Å². The molecule has 0 atom stereocenters. The average molecular weight is 260 g/mol. The van der Waals surface area contributed by atoms with E-state index in [2.05, 4.69) is 31.0 Å². The molecular formula is C14H20N4O. The first kappa shape index (κ1) is 13.4. The molecule has 0 bridgehead atoms. The van der Waals surface area contributed by atoms with Gasteiger partial charge < -0.3 is 10.6 Å². The van der Waals surface area contributed by atoms with Crippen LogP contribution < -0.4 is 5.73 Å². The number of rotatable bonds is 2. The molecule has 1 aromatic carbocycles. The Morgan fingerprint density at radius 1 is 1.42 bits per heavy atom. The van der Waals surface area contributed by atoms with Gasteiger partial charge in [-0.3, -0.25) is 9.89 Å². The quantitative estimate of drug-likeness (QED) is 0.813. The van der Waals surface area contributed by atoms with Crippen molar-refractivity contribution in [3.05, 3.63) is 23.9 Å². The fourth-order valence-electron chi connectivity index (χ4n) is 2.16. The molecule has 1 aromatic heterocycles. The van der Waals surface area contributed by atoms with Gasteiger partial charge in [0.1, 0.15) is 0 Å². The Labute approximate surface area is 112 Å². The number of nitrogen functional groups attached to an aromatic ring is 1. The summed E-state index contributed by atoms with van der Waals surface area (Å²) in [6, 6.07) is 5.39. The van der Waals surface area contributed by atoms with Gasteiger partial charge in [-0.15, -0.1) is 0 Å². The number of carbonyl (C=O) groups is 1. The number of nitrogens with one attached hydrogen (secondary N) is 1. The number of fused-ring (bicyclic) bond motifs is 1. The van der Waals surface area contributed by atoms with E-state index in [1.54, 1.807) is 24.1 Å². The Bertz CT molecular complexity index is 609. The maximum atomic E-state index is 12.4. The second kappa shape index (κ2) is 4.57. The zero-order chi connectivity index (χ0) is 14.2. The van der Waals surface area contributed by atoms with Crippen LogP contribution in [0.3, 0.4) is 0 Å². The highest BCUT2D eigenvalue weighted by Gasteiger charge is 2.22. The second-order valence-electron chi connectivity index (χ2n) is 6.10. The lowest BCUT2D eigenvalue weighted by molar-refractivity contribution is 0.0741. The Morgan fingerprint density at radius 2 is 2.11 bits per heavy atom. The summed E-state index contributed by atoms with van der Waals surface area (Å²) >= 11 is 0. The van der Waals surface area contributed by atoms with Crippen LogP contribution in [0.2, 0.25) is 0 Å². The lowest BCUT2D eigenvalue weighted by Gasteiger charge is -2.26. The number of amides is 1. The van der Waals surface area contributed by atoms with Gasteiger partial charge in [0.05, 0.1) is 5.52 Å². The lowest BCUT2D eigenvalue weighted by Crippen LogP contribution is -2.34. The van der Waals surface area contributed by atoms with Crippen LogP contribution in [0.4, 0.5) is 5.69 Å². The molecule has 0 radical (unpaired) electrons. The maximum absolute atomic E-state index is 12.4. The Balaban J connectivity index is 2.34. The average Bonchev–Trinajstić information content (AvgIpc) is 2.68. The zero-order valence-electron chi connectivity index (χ0n) is 11.8. The molecule has 0 aliphatic carbocycles.